The molecular formula is C14H16FN3OS. The number of rotatable bonds is 5. The number of carbonyl (C=O) groups excluding carboxylic acids is 1. The lowest BCUT2D eigenvalue weighted by atomic mass is 10.1. The van der Waals surface area contributed by atoms with E-state index in [1.807, 2.05) is 17.8 Å². The maximum absolute atomic E-state index is 13.1. The molecule has 0 radical (unpaired) electrons. The lowest BCUT2D eigenvalue weighted by Gasteiger charge is -2.06. The zero-order valence-electron chi connectivity index (χ0n) is 11.4. The van der Waals surface area contributed by atoms with Crippen molar-refractivity contribution in [3.8, 4) is 0 Å². The summed E-state index contributed by atoms with van der Waals surface area (Å²) in [5, 5.41) is 3.61. The average molecular weight is 293 g/mol. The number of hydrogen-bond donors (Lipinski definition) is 1. The molecular weight excluding hydrogens is 277 g/mol. The molecule has 0 atom stereocenters. The van der Waals surface area contributed by atoms with E-state index in [0.717, 1.165) is 10.7 Å². The molecule has 0 saturated carbocycles. The first kappa shape index (κ1) is 14.6. The Balaban J connectivity index is 1.80. The van der Waals surface area contributed by atoms with Gasteiger partial charge in [0.2, 0.25) is 5.91 Å². The molecule has 6 heteroatoms. The van der Waals surface area contributed by atoms with E-state index in [4.69, 9.17) is 0 Å². The summed E-state index contributed by atoms with van der Waals surface area (Å²) in [7, 11) is 1.88. The molecule has 106 valence electrons. The summed E-state index contributed by atoms with van der Waals surface area (Å²) < 4.78 is 15.0. The van der Waals surface area contributed by atoms with E-state index < -0.39 is 0 Å². The maximum Gasteiger partial charge on any atom is 0.230 e. The molecule has 0 fully saturated rings. The van der Waals surface area contributed by atoms with Gasteiger partial charge in [0, 0.05) is 26.0 Å². The molecule has 1 aromatic heterocycles. The number of aromatic nitrogens is 2. The minimum absolute atomic E-state index is 0.0695. The second kappa shape index (κ2) is 6.56. The van der Waals surface area contributed by atoms with Crippen LogP contribution in [-0.4, -0.2) is 21.2 Å². The number of thioether (sulfide) groups is 1. The van der Waals surface area contributed by atoms with Gasteiger partial charge in [0.15, 0.2) is 5.16 Å². The standard InChI is InChI=1S/C14H16FN3OS/c1-10-7-11(3-4-12(10)15)8-17-13(19)9-20-14-16-5-6-18(14)2/h3-7H,8-9H2,1-2H3,(H,17,19). The maximum atomic E-state index is 13.1. The molecule has 1 amide bonds. The molecule has 20 heavy (non-hydrogen) atoms. The molecule has 0 aliphatic rings. The topological polar surface area (TPSA) is 46.9 Å². The molecule has 0 unspecified atom stereocenters. The Bertz CT molecular complexity index is 612. The molecule has 1 heterocycles. The van der Waals surface area contributed by atoms with Crippen LogP contribution in [0.3, 0.4) is 0 Å². The van der Waals surface area contributed by atoms with Crippen LogP contribution in [0.25, 0.3) is 0 Å². The smallest absolute Gasteiger partial charge is 0.230 e. The molecule has 1 N–H and O–H groups in total. The zero-order chi connectivity index (χ0) is 14.5. The van der Waals surface area contributed by atoms with Crippen molar-refractivity contribution >= 4 is 17.7 Å². The number of hydrogen-bond acceptors (Lipinski definition) is 3. The Kier molecular flexibility index (Phi) is 4.79. The van der Waals surface area contributed by atoms with E-state index in [1.54, 1.807) is 25.3 Å². The summed E-state index contributed by atoms with van der Waals surface area (Å²) in [6.45, 7) is 2.11. The number of aryl methyl sites for hydroxylation is 2. The molecule has 1 aromatic carbocycles. The Morgan fingerprint density at radius 2 is 2.30 bits per heavy atom. The highest BCUT2D eigenvalue weighted by atomic mass is 32.2. The van der Waals surface area contributed by atoms with Crippen LogP contribution in [0.4, 0.5) is 4.39 Å². The van der Waals surface area contributed by atoms with E-state index in [9.17, 15) is 9.18 Å². The summed E-state index contributed by atoms with van der Waals surface area (Å²) in [6, 6.07) is 4.83. The Hall–Kier alpha value is -1.82. The third kappa shape index (κ3) is 3.84. The molecule has 0 spiro atoms. The van der Waals surface area contributed by atoms with Gasteiger partial charge in [-0.3, -0.25) is 4.79 Å². The summed E-state index contributed by atoms with van der Waals surface area (Å²) in [5.74, 6) is 0.00998. The summed E-state index contributed by atoms with van der Waals surface area (Å²) in [6.07, 6.45) is 3.53. The predicted molar refractivity (Wildman–Crippen MR) is 76.9 cm³/mol. The monoisotopic (exact) mass is 293 g/mol. The largest absolute Gasteiger partial charge is 0.351 e. The van der Waals surface area contributed by atoms with Crippen molar-refractivity contribution in [3.05, 3.63) is 47.5 Å². The minimum atomic E-state index is -0.231. The van der Waals surface area contributed by atoms with Crippen molar-refractivity contribution in [2.24, 2.45) is 7.05 Å². The number of nitrogens with one attached hydrogen (secondary N) is 1. The van der Waals surface area contributed by atoms with Gasteiger partial charge < -0.3 is 9.88 Å². The molecule has 4 nitrogen and oxygen atoms in total. The van der Waals surface area contributed by atoms with E-state index in [-0.39, 0.29) is 11.7 Å². The fraction of sp³-hybridized carbons (Fsp3) is 0.286. The molecule has 0 saturated heterocycles. The van der Waals surface area contributed by atoms with Gasteiger partial charge in [-0.05, 0) is 24.1 Å². The Labute approximate surface area is 121 Å². The third-order valence-corrected chi connectivity index (χ3v) is 3.88. The zero-order valence-corrected chi connectivity index (χ0v) is 12.2. The van der Waals surface area contributed by atoms with Crippen molar-refractivity contribution in [1.82, 2.24) is 14.9 Å². The quantitative estimate of drug-likeness (QED) is 0.860. The van der Waals surface area contributed by atoms with E-state index in [0.29, 0.717) is 17.9 Å². The first-order valence-corrected chi connectivity index (χ1v) is 7.16. The highest BCUT2D eigenvalue weighted by Crippen LogP contribution is 2.14. The van der Waals surface area contributed by atoms with Gasteiger partial charge in [-0.1, -0.05) is 23.9 Å². The van der Waals surface area contributed by atoms with Gasteiger partial charge in [-0.2, -0.15) is 0 Å². The molecule has 2 rings (SSSR count). The van der Waals surface area contributed by atoms with Crippen LogP contribution in [0.5, 0.6) is 0 Å². The SMILES string of the molecule is Cc1cc(CNC(=O)CSc2nccn2C)ccc1F. The predicted octanol–water partition coefficient (Wildman–Crippen LogP) is 2.28. The highest BCUT2D eigenvalue weighted by Gasteiger charge is 2.06. The van der Waals surface area contributed by atoms with Gasteiger partial charge in [-0.25, -0.2) is 9.37 Å². The number of imidazole rings is 1. The van der Waals surface area contributed by atoms with E-state index in [1.165, 1.54) is 17.8 Å². The summed E-state index contributed by atoms with van der Waals surface area (Å²) >= 11 is 1.38. The first-order valence-electron chi connectivity index (χ1n) is 6.18. The molecule has 2 aromatic rings. The molecule has 0 aliphatic heterocycles. The van der Waals surface area contributed by atoms with E-state index in [2.05, 4.69) is 10.3 Å². The van der Waals surface area contributed by atoms with Crippen molar-refractivity contribution in [2.75, 3.05) is 5.75 Å². The second-order valence-corrected chi connectivity index (χ2v) is 5.41. The highest BCUT2D eigenvalue weighted by molar-refractivity contribution is 7.99. The van der Waals surface area contributed by atoms with Crippen molar-refractivity contribution in [3.63, 3.8) is 0 Å². The summed E-state index contributed by atoms with van der Waals surface area (Å²) in [4.78, 5) is 15.9. The number of nitrogens with zero attached hydrogens (tertiary/aromatic N) is 2. The van der Waals surface area contributed by atoms with Crippen LogP contribution in [0.15, 0.2) is 35.7 Å². The van der Waals surface area contributed by atoms with Gasteiger partial charge in [-0.15, -0.1) is 0 Å². The van der Waals surface area contributed by atoms with E-state index >= 15 is 0 Å². The van der Waals surface area contributed by atoms with Crippen molar-refractivity contribution in [1.29, 1.82) is 0 Å². The van der Waals surface area contributed by atoms with Crippen LogP contribution in [0, 0.1) is 12.7 Å². The van der Waals surface area contributed by atoms with Crippen LogP contribution < -0.4 is 5.32 Å². The second-order valence-electron chi connectivity index (χ2n) is 4.47. The normalized spacial score (nSPS) is 10.6. The van der Waals surface area contributed by atoms with Gasteiger partial charge in [0.05, 0.1) is 5.75 Å². The van der Waals surface area contributed by atoms with Crippen LogP contribution in [-0.2, 0) is 18.4 Å². The number of amides is 1. The van der Waals surface area contributed by atoms with Crippen LogP contribution in [0.2, 0.25) is 0 Å². The van der Waals surface area contributed by atoms with Gasteiger partial charge in [0.1, 0.15) is 5.82 Å². The lowest BCUT2D eigenvalue weighted by molar-refractivity contribution is -0.118. The average Bonchev–Trinajstić information content (AvgIpc) is 2.83. The van der Waals surface area contributed by atoms with Crippen molar-refractivity contribution < 1.29 is 9.18 Å². The van der Waals surface area contributed by atoms with Gasteiger partial charge >= 0.3 is 0 Å². The third-order valence-electron chi connectivity index (χ3n) is 2.82. The number of benzene rings is 1. The fourth-order valence-electron chi connectivity index (χ4n) is 1.69. The Morgan fingerprint density at radius 3 is 2.95 bits per heavy atom. The lowest BCUT2D eigenvalue weighted by Crippen LogP contribution is -2.24. The fourth-order valence-corrected chi connectivity index (χ4v) is 2.45. The number of carbonyl (C=O) groups is 1. The number of halogens is 1. The van der Waals surface area contributed by atoms with Crippen molar-refractivity contribution in [2.45, 2.75) is 18.6 Å². The van der Waals surface area contributed by atoms with Gasteiger partial charge in [0.25, 0.3) is 0 Å². The van der Waals surface area contributed by atoms with Crippen LogP contribution in [0.1, 0.15) is 11.1 Å². The molecule has 0 aliphatic carbocycles. The summed E-state index contributed by atoms with van der Waals surface area (Å²) in [5.41, 5.74) is 1.47. The molecule has 0 bridgehead atoms. The minimum Gasteiger partial charge on any atom is -0.351 e. The Morgan fingerprint density at radius 1 is 1.50 bits per heavy atom. The van der Waals surface area contributed by atoms with Crippen LogP contribution >= 0.6 is 11.8 Å². The first-order chi connectivity index (χ1) is 9.56.